The maximum atomic E-state index is 10.1. The van der Waals surface area contributed by atoms with Gasteiger partial charge in [0, 0.05) is 0 Å². The molecule has 6 heteroatoms. The van der Waals surface area contributed by atoms with Crippen LogP contribution in [-0.2, 0) is 10.4 Å². The van der Waals surface area contributed by atoms with Crippen molar-refractivity contribution in [3.05, 3.63) is 11.6 Å². The van der Waals surface area contributed by atoms with Crippen molar-refractivity contribution in [2.24, 2.45) is 40.4 Å². The van der Waals surface area contributed by atoms with E-state index in [9.17, 15) is 5.11 Å². The van der Waals surface area contributed by atoms with Gasteiger partial charge in [-0.3, -0.25) is 9.11 Å². The van der Waals surface area contributed by atoms with Gasteiger partial charge in [-0.15, -0.1) is 0 Å². The first-order chi connectivity index (χ1) is 15.2. The molecule has 192 valence electrons. The molecule has 0 spiro atoms. The third kappa shape index (κ3) is 6.23. The van der Waals surface area contributed by atoms with Crippen LogP contribution in [0.15, 0.2) is 11.6 Å². The maximum Gasteiger partial charge on any atom is 0.394 e. The van der Waals surface area contributed by atoms with Crippen LogP contribution in [0.3, 0.4) is 0 Å². The predicted molar refractivity (Wildman–Crippen MR) is 133 cm³/mol. The highest BCUT2D eigenvalue weighted by molar-refractivity contribution is 7.79. The monoisotopic (exact) mass is 484 g/mol. The van der Waals surface area contributed by atoms with Crippen molar-refractivity contribution < 1.29 is 22.6 Å². The summed E-state index contributed by atoms with van der Waals surface area (Å²) in [5, 5.41) is 10.1. The van der Waals surface area contributed by atoms with Gasteiger partial charge in [-0.25, -0.2) is 0 Å². The Hall–Kier alpha value is -0.430. The zero-order valence-corrected chi connectivity index (χ0v) is 22.3. The van der Waals surface area contributed by atoms with Crippen LogP contribution in [0, 0.1) is 40.4 Å². The highest BCUT2D eigenvalue weighted by Gasteiger charge is 2.58. The van der Waals surface area contributed by atoms with E-state index in [-0.39, 0.29) is 0 Å². The molecule has 0 radical (unpaired) electrons. The van der Waals surface area contributed by atoms with Gasteiger partial charge in [0.1, 0.15) is 0 Å². The molecule has 0 bridgehead atoms. The molecule has 4 rings (SSSR count). The van der Waals surface area contributed by atoms with Crippen LogP contribution in [0.1, 0.15) is 112 Å². The fourth-order valence-electron chi connectivity index (χ4n) is 8.73. The minimum Gasteiger partial charge on any atom is -0.390 e. The van der Waals surface area contributed by atoms with Gasteiger partial charge in [-0.05, 0) is 112 Å². The number of hydrogen-bond acceptors (Lipinski definition) is 3. The Labute approximate surface area is 202 Å². The summed E-state index contributed by atoms with van der Waals surface area (Å²) in [6.45, 7) is 11.8. The molecule has 4 aliphatic rings. The van der Waals surface area contributed by atoms with Gasteiger partial charge in [0.05, 0.1) is 5.60 Å². The Kier molecular flexibility index (Phi) is 8.15. The molecule has 0 heterocycles. The first-order valence-electron chi connectivity index (χ1n) is 13.3. The zero-order chi connectivity index (χ0) is 24.7. The van der Waals surface area contributed by atoms with E-state index in [0.717, 1.165) is 36.0 Å². The molecular weight excluding hydrogens is 436 g/mol. The molecule has 0 aromatic heterocycles. The van der Waals surface area contributed by atoms with E-state index in [1.165, 1.54) is 70.6 Å². The van der Waals surface area contributed by atoms with Crippen molar-refractivity contribution >= 4 is 10.4 Å². The number of hydrogen-bond donors (Lipinski definition) is 3. The predicted octanol–water partition coefficient (Wildman–Crippen LogP) is 6.88. The summed E-state index contributed by atoms with van der Waals surface area (Å²) >= 11 is 0. The molecule has 3 fully saturated rings. The van der Waals surface area contributed by atoms with Crippen LogP contribution in [0.5, 0.6) is 0 Å². The number of fused-ring (bicyclic) bond motifs is 5. The summed E-state index contributed by atoms with van der Waals surface area (Å²) in [7, 11) is -4.67. The molecule has 4 aliphatic carbocycles. The fraction of sp³-hybridized carbons (Fsp3) is 0.926. The molecule has 0 aliphatic heterocycles. The van der Waals surface area contributed by atoms with E-state index >= 15 is 0 Å². The van der Waals surface area contributed by atoms with E-state index in [2.05, 4.69) is 26.8 Å². The van der Waals surface area contributed by atoms with Crippen LogP contribution in [0.25, 0.3) is 0 Å². The van der Waals surface area contributed by atoms with Gasteiger partial charge >= 0.3 is 10.4 Å². The number of rotatable bonds is 5. The second kappa shape index (κ2) is 9.91. The molecule has 33 heavy (non-hydrogen) atoms. The van der Waals surface area contributed by atoms with E-state index in [1.54, 1.807) is 0 Å². The smallest absolute Gasteiger partial charge is 0.390 e. The fourth-order valence-corrected chi connectivity index (χ4v) is 8.73. The largest absolute Gasteiger partial charge is 0.394 e. The Balaban J connectivity index is 0.000000555. The van der Waals surface area contributed by atoms with Crippen LogP contribution < -0.4 is 0 Å². The van der Waals surface area contributed by atoms with Gasteiger partial charge in [0.2, 0.25) is 0 Å². The highest BCUT2D eigenvalue weighted by Crippen LogP contribution is 2.67. The standard InChI is InChI=1S/C27H46O.H2O4S/c1-19(9-8-16-25(2,3)28)22-13-14-23-21-12-11-20-10-6-7-17-26(20,4)24(21)15-18-27(22,23)5;1-5(2,3)4/h11,19,21-24,28H,6-10,12-18H2,1-5H3;(H2,1,2,3,4)/t19-,21+,22-,23+,24+,26+,27-;/m1./s1. The summed E-state index contributed by atoms with van der Waals surface area (Å²) in [4.78, 5) is 0. The topological polar surface area (TPSA) is 94.8 Å². The van der Waals surface area contributed by atoms with Crippen LogP contribution in [0.2, 0.25) is 0 Å². The molecule has 0 unspecified atom stereocenters. The SMILES string of the molecule is C[C@H](CCCC(C)(C)O)[C@H]1CC[C@H]2[C@@H]3CC=C4CCCC[C@]4(C)[C@H]3CC[C@]12C.O=S(=O)(O)O. The maximum absolute atomic E-state index is 10.1. The second-order valence-electron chi connectivity index (χ2n) is 12.8. The summed E-state index contributed by atoms with van der Waals surface area (Å²) in [6, 6.07) is 0. The quantitative estimate of drug-likeness (QED) is 0.292. The second-order valence-corrected chi connectivity index (χ2v) is 13.7. The summed E-state index contributed by atoms with van der Waals surface area (Å²) < 4.78 is 31.6. The third-order valence-corrected chi connectivity index (χ3v) is 10.2. The molecule has 5 nitrogen and oxygen atoms in total. The van der Waals surface area contributed by atoms with Gasteiger partial charge in [-0.2, -0.15) is 8.42 Å². The van der Waals surface area contributed by atoms with Gasteiger partial charge in [-0.1, -0.05) is 51.7 Å². The van der Waals surface area contributed by atoms with Crippen molar-refractivity contribution in [1.29, 1.82) is 0 Å². The Bertz CT molecular complexity index is 805. The number of allylic oxidation sites excluding steroid dienone is 2. The molecule has 0 amide bonds. The van der Waals surface area contributed by atoms with Crippen molar-refractivity contribution in [3.8, 4) is 0 Å². The first-order valence-corrected chi connectivity index (χ1v) is 14.7. The van der Waals surface area contributed by atoms with E-state index in [1.807, 2.05) is 19.4 Å². The summed E-state index contributed by atoms with van der Waals surface area (Å²) in [5.74, 6) is 4.61. The van der Waals surface area contributed by atoms with Gasteiger partial charge in [0.15, 0.2) is 0 Å². The average molecular weight is 485 g/mol. The molecule has 0 aromatic carbocycles. The lowest BCUT2D eigenvalue weighted by molar-refractivity contribution is -0.0503. The van der Waals surface area contributed by atoms with Crippen molar-refractivity contribution in [2.45, 2.75) is 117 Å². The van der Waals surface area contributed by atoms with Gasteiger partial charge < -0.3 is 5.11 Å². The van der Waals surface area contributed by atoms with E-state index in [4.69, 9.17) is 17.5 Å². The minimum atomic E-state index is -4.67. The van der Waals surface area contributed by atoms with E-state index < -0.39 is 16.0 Å². The molecule has 3 N–H and O–H groups in total. The Morgan fingerprint density at radius 3 is 2.39 bits per heavy atom. The lowest BCUT2D eigenvalue weighted by atomic mass is 9.47. The normalized spacial score (nSPS) is 39.3. The van der Waals surface area contributed by atoms with Gasteiger partial charge in [0.25, 0.3) is 0 Å². The lowest BCUT2D eigenvalue weighted by Crippen LogP contribution is -2.50. The van der Waals surface area contributed by atoms with E-state index in [0.29, 0.717) is 10.8 Å². The minimum absolute atomic E-state index is 0.499. The molecule has 0 aromatic rings. The van der Waals surface area contributed by atoms with Crippen LogP contribution in [0.4, 0.5) is 0 Å². The summed E-state index contributed by atoms with van der Waals surface area (Å²) in [6.07, 6.45) is 19.2. The highest BCUT2D eigenvalue weighted by atomic mass is 32.3. The molecule has 0 saturated heterocycles. The average Bonchev–Trinajstić information content (AvgIpc) is 3.02. The molecular formula is C27H48O5S. The lowest BCUT2D eigenvalue weighted by Gasteiger charge is -2.58. The van der Waals surface area contributed by atoms with Crippen molar-refractivity contribution in [1.82, 2.24) is 0 Å². The third-order valence-electron chi connectivity index (χ3n) is 10.2. The van der Waals surface area contributed by atoms with Crippen molar-refractivity contribution in [3.63, 3.8) is 0 Å². The first kappa shape index (κ1) is 27.2. The Morgan fingerprint density at radius 2 is 1.76 bits per heavy atom. The summed E-state index contributed by atoms with van der Waals surface area (Å²) in [5.41, 5.74) is 2.46. The number of aliphatic hydroxyl groups is 1. The Morgan fingerprint density at radius 1 is 1.09 bits per heavy atom. The molecule has 3 saturated carbocycles. The van der Waals surface area contributed by atoms with Crippen LogP contribution in [-0.4, -0.2) is 28.2 Å². The van der Waals surface area contributed by atoms with Crippen molar-refractivity contribution in [2.75, 3.05) is 0 Å². The zero-order valence-electron chi connectivity index (χ0n) is 21.5. The molecule has 7 atom stereocenters. The van der Waals surface area contributed by atoms with Crippen LogP contribution >= 0.6 is 0 Å².